The molecule has 0 heterocycles. The Balaban J connectivity index is -0.000000476. The second kappa shape index (κ2) is 20.7. The first-order valence-corrected chi connectivity index (χ1v) is 19.5. The van der Waals surface area contributed by atoms with Crippen molar-refractivity contribution in [2.45, 2.75) is 41.1 Å². The summed E-state index contributed by atoms with van der Waals surface area (Å²) in [7, 11) is -5.12. The molecular weight excluding hydrogens is 787 g/mol. The van der Waals surface area contributed by atoms with Crippen LogP contribution < -0.4 is 24.0 Å². The van der Waals surface area contributed by atoms with Gasteiger partial charge in [0, 0.05) is 17.3 Å². The normalized spacial score (nSPS) is 13.2. The summed E-state index contributed by atoms with van der Waals surface area (Å²) >= 11 is -6.96. The lowest BCUT2D eigenvalue weighted by atomic mass is 10.4. The van der Waals surface area contributed by atoms with E-state index in [9.17, 15) is 35.9 Å². The SMILES string of the molecule is C=C.CCCO[SiH](C)C.FS(F)(F)(F)(Cl)c1ccccc1.FS(F)(F)c1ccccc1.O=S(OF)c1ccccc1.[I-]. The summed E-state index contributed by atoms with van der Waals surface area (Å²) in [6, 6.07) is 19.3. The zero-order chi connectivity index (χ0) is 32.2. The van der Waals surface area contributed by atoms with E-state index in [2.05, 4.69) is 48.2 Å². The Hall–Kier alpha value is -1.15. The van der Waals surface area contributed by atoms with Crippen molar-refractivity contribution >= 4 is 51.0 Å². The minimum Gasteiger partial charge on any atom is -1.00 e. The third-order valence-corrected chi connectivity index (χ3v) is 8.03. The molecule has 0 N–H and O–H groups in total. The highest BCUT2D eigenvalue weighted by atomic mass is 127. The van der Waals surface area contributed by atoms with Crippen molar-refractivity contribution in [2.24, 2.45) is 0 Å². The summed E-state index contributed by atoms with van der Waals surface area (Å²) in [4.78, 5) is -1.61. The van der Waals surface area contributed by atoms with Gasteiger partial charge >= 0.3 is 0 Å². The molecule has 0 saturated carbocycles. The molecule has 0 radical (unpaired) electrons. The number of rotatable bonds is 7. The van der Waals surface area contributed by atoms with Gasteiger partial charge in [0.05, 0.1) is 14.7 Å². The molecule has 3 aromatic rings. The van der Waals surface area contributed by atoms with E-state index in [0.717, 1.165) is 37.3 Å². The molecule has 17 heteroatoms. The van der Waals surface area contributed by atoms with Gasteiger partial charge in [-0.05, 0) is 60.4 Å². The van der Waals surface area contributed by atoms with Crippen LogP contribution in [0.5, 0.6) is 0 Å². The second-order valence-corrected chi connectivity index (χ2v) is 16.6. The molecule has 0 saturated heterocycles. The van der Waals surface area contributed by atoms with Crippen molar-refractivity contribution in [3.05, 3.63) is 104 Å². The number of hydrogen-bond acceptors (Lipinski definition) is 3. The van der Waals surface area contributed by atoms with Crippen LogP contribution in [0.3, 0.4) is 0 Å². The van der Waals surface area contributed by atoms with Crippen LogP contribution in [-0.4, -0.2) is 19.9 Å². The fraction of sp³-hybridized carbons (Fsp3) is 0.200. The van der Waals surface area contributed by atoms with E-state index < -0.39 is 50.1 Å². The van der Waals surface area contributed by atoms with Crippen LogP contribution in [-0.2, 0) is 19.9 Å². The Morgan fingerprint density at radius 2 is 1.21 bits per heavy atom. The van der Waals surface area contributed by atoms with Crippen LogP contribution in [0.15, 0.2) is 119 Å². The third-order valence-electron chi connectivity index (χ3n) is 3.85. The third kappa shape index (κ3) is 23.3. The second-order valence-electron chi connectivity index (χ2n) is 7.53. The number of halogens is 10. The summed E-state index contributed by atoms with van der Waals surface area (Å²) < 4.78 is 115. The fourth-order valence-corrected chi connectivity index (χ4v) is 4.78. The van der Waals surface area contributed by atoms with Gasteiger partial charge in [0.25, 0.3) is 9.05 Å². The Morgan fingerprint density at radius 3 is 1.45 bits per heavy atom. The highest BCUT2D eigenvalue weighted by Crippen LogP contribution is 3.04. The van der Waals surface area contributed by atoms with Crippen LogP contribution in [0.25, 0.3) is 0 Å². The van der Waals surface area contributed by atoms with E-state index in [1.165, 1.54) is 30.3 Å². The standard InChI is InChI=1S/C6H5ClF4S.C6H5F3S.C6H5FO2S.C5H14OSi.C2H4.HI/c7-12(8,9,10,11)6-4-2-1-3-5-6;7-10(8,9)6-4-2-1-3-5-6;7-9-10(8)6-4-2-1-3-5-6;1-4-5-6-7(2)3;1-2;/h1-5H;2*1-5H;7H,4-5H2,1-3H3;1-2H2;1H/p-1. The lowest BCUT2D eigenvalue weighted by Crippen LogP contribution is -3.00. The van der Waals surface area contributed by atoms with E-state index in [-0.39, 0.29) is 24.0 Å². The van der Waals surface area contributed by atoms with Crippen LogP contribution in [0.4, 0.5) is 31.7 Å². The zero-order valence-electron chi connectivity index (χ0n) is 22.8. The van der Waals surface area contributed by atoms with E-state index in [4.69, 9.17) is 4.43 Å². The zero-order valence-corrected chi connectivity index (χ0v) is 29.3. The van der Waals surface area contributed by atoms with Gasteiger partial charge < -0.3 is 28.4 Å². The lowest BCUT2D eigenvalue weighted by molar-refractivity contribution is -0.0000192. The van der Waals surface area contributed by atoms with Gasteiger partial charge in [0.15, 0.2) is 9.04 Å². The molecule has 0 aliphatic heterocycles. The maximum Gasteiger partial charge on any atom is 0.253 e. The first-order chi connectivity index (χ1) is 18.8. The molecule has 0 aliphatic rings. The molecule has 244 valence electrons. The molecule has 0 bridgehead atoms. The van der Waals surface area contributed by atoms with Crippen molar-refractivity contribution in [1.29, 1.82) is 0 Å². The van der Waals surface area contributed by atoms with Gasteiger partial charge in [0.2, 0.25) is 22.3 Å². The highest BCUT2D eigenvalue weighted by molar-refractivity contribution is 8.65. The quantitative estimate of drug-likeness (QED) is 0.104. The van der Waals surface area contributed by atoms with E-state index in [1.807, 2.05) is 0 Å². The molecule has 42 heavy (non-hydrogen) atoms. The van der Waals surface area contributed by atoms with Crippen LogP contribution in [0.2, 0.25) is 13.1 Å². The van der Waals surface area contributed by atoms with Crippen LogP contribution >= 0.6 is 30.9 Å². The molecule has 1 unspecified atom stereocenters. The predicted octanol–water partition coefficient (Wildman–Crippen LogP) is 8.93. The van der Waals surface area contributed by atoms with Gasteiger partial charge in [-0.2, -0.15) is 0 Å². The molecule has 3 aromatic carbocycles. The smallest absolute Gasteiger partial charge is 0.253 e. The minimum atomic E-state index is -8.45. The Morgan fingerprint density at radius 1 is 0.833 bits per heavy atom. The number of benzene rings is 3. The van der Waals surface area contributed by atoms with Gasteiger partial charge in [-0.3, -0.25) is 0 Å². The van der Waals surface area contributed by atoms with Crippen LogP contribution in [0, 0.1) is 0 Å². The Labute approximate surface area is 270 Å². The molecular formula is C25H33ClF8IO3S3Si-. The van der Waals surface area contributed by atoms with Crippen LogP contribution in [0.1, 0.15) is 13.3 Å². The molecule has 3 nitrogen and oxygen atoms in total. The van der Waals surface area contributed by atoms with Crippen molar-refractivity contribution in [2.75, 3.05) is 6.61 Å². The lowest BCUT2D eigenvalue weighted by Gasteiger charge is -2.42. The van der Waals surface area contributed by atoms with Gasteiger partial charge in [0.1, 0.15) is 0 Å². The summed E-state index contributed by atoms with van der Waals surface area (Å²) in [5, 5.41) is 0. The summed E-state index contributed by atoms with van der Waals surface area (Å²) in [5.74, 6) is 0. The monoisotopic (exact) mass is 819 g/mol. The topological polar surface area (TPSA) is 35.5 Å². The molecule has 1 atom stereocenters. The van der Waals surface area contributed by atoms with Gasteiger partial charge in [-0.15, -0.1) is 40.4 Å². The fourth-order valence-electron chi connectivity index (χ4n) is 2.17. The highest BCUT2D eigenvalue weighted by Gasteiger charge is 2.62. The van der Waals surface area contributed by atoms with Crippen molar-refractivity contribution in [3.8, 4) is 0 Å². The molecule has 0 spiro atoms. The molecule has 0 aliphatic carbocycles. The summed E-state index contributed by atoms with van der Waals surface area (Å²) in [6.45, 7) is 13.5. The molecule has 3 rings (SSSR count). The maximum atomic E-state index is 12.4. The Bertz CT molecular complexity index is 1120. The first kappa shape index (κ1) is 45.3. The van der Waals surface area contributed by atoms with Crippen molar-refractivity contribution < 1.29 is 68.7 Å². The van der Waals surface area contributed by atoms with Crippen molar-refractivity contribution in [3.63, 3.8) is 0 Å². The Kier molecular flexibility index (Phi) is 22.4. The first-order valence-electron chi connectivity index (χ1n) is 11.5. The minimum absolute atomic E-state index is 0. The maximum absolute atomic E-state index is 12.4. The summed E-state index contributed by atoms with van der Waals surface area (Å²) in [6.07, 6.45) is 1.16. The van der Waals surface area contributed by atoms with E-state index in [1.54, 1.807) is 24.3 Å². The van der Waals surface area contributed by atoms with Gasteiger partial charge in [-0.25, -0.2) is 4.21 Å². The number of hydrogen-bond donors (Lipinski definition) is 0. The average molecular weight is 820 g/mol. The van der Waals surface area contributed by atoms with E-state index >= 15 is 0 Å². The molecule has 0 amide bonds. The largest absolute Gasteiger partial charge is 1.00 e. The molecule has 0 fully saturated rings. The summed E-state index contributed by atoms with van der Waals surface area (Å²) in [5.41, 5.74) is 0. The van der Waals surface area contributed by atoms with Crippen molar-refractivity contribution in [1.82, 2.24) is 0 Å². The average Bonchev–Trinajstić information content (AvgIpc) is 2.93. The predicted molar refractivity (Wildman–Crippen MR) is 160 cm³/mol. The van der Waals surface area contributed by atoms with E-state index in [0.29, 0.717) is 17.0 Å². The molecule has 0 aromatic heterocycles. The van der Waals surface area contributed by atoms with Gasteiger partial charge in [-0.1, -0.05) is 65.9 Å².